The first-order chi connectivity index (χ1) is 5.77. The molecule has 0 amide bonds. The van der Waals surface area contributed by atoms with E-state index in [2.05, 4.69) is 23.1 Å². The largest absolute Gasteiger partial charge is 0.296 e. The van der Waals surface area contributed by atoms with Crippen molar-refractivity contribution in [1.29, 1.82) is 0 Å². The van der Waals surface area contributed by atoms with Gasteiger partial charge in [0.15, 0.2) is 0 Å². The minimum absolute atomic E-state index is 0.665. The lowest BCUT2D eigenvalue weighted by Gasteiger charge is -2.29. The molecule has 0 atom stereocenters. The van der Waals surface area contributed by atoms with Crippen molar-refractivity contribution in [3.8, 4) is 0 Å². The number of hydrogen-bond donors (Lipinski definition) is 0. The van der Waals surface area contributed by atoms with E-state index in [4.69, 9.17) is 0 Å². The maximum Gasteiger partial charge on any atom is 0.0454 e. The summed E-state index contributed by atoms with van der Waals surface area (Å²) >= 11 is 1.66. The molecule has 0 fully saturated rings. The maximum atomic E-state index is 4.21. The summed E-state index contributed by atoms with van der Waals surface area (Å²) in [7, 11) is 0. The van der Waals surface area contributed by atoms with Gasteiger partial charge in [0.05, 0.1) is 0 Å². The lowest BCUT2D eigenvalue weighted by molar-refractivity contribution is 0.205. The Labute approximate surface area is 77.4 Å². The fourth-order valence-corrected chi connectivity index (χ4v) is 2.33. The lowest BCUT2D eigenvalue weighted by Crippen LogP contribution is -2.35. The highest BCUT2D eigenvalue weighted by Crippen LogP contribution is 2.22. The molecule has 1 aliphatic rings. The Morgan fingerprint density at radius 2 is 2.42 bits per heavy atom. The molecule has 2 rings (SSSR count). The Bertz CT molecular complexity index is 267. The molecule has 0 bridgehead atoms. The number of rotatable bonds is 1. The highest BCUT2D eigenvalue weighted by atomic mass is 32.1. The van der Waals surface area contributed by atoms with Crippen molar-refractivity contribution < 1.29 is 0 Å². The first kappa shape index (κ1) is 8.20. The minimum Gasteiger partial charge on any atom is -0.296 e. The number of fused-ring (bicyclic) bond motifs is 1. The average Bonchev–Trinajstić information content (AvgIpc) is 2.49. The molecule has 0 N–H and O–H groups in total. The Balaban J connectivity index is 2.15. The van der Waals surface area contributed by atoms with Crippen LogP contribution in [-0.2, 0) is 13.0 Å². The molecule has 0 aliphatic carbocycles. The van der Waals surface area contributed by atoms with Gasteiger partial charge in [0.2, 0.25) is 0 Å². The fraction of sp³-hybridized carbons (Fsp3) is 0.667. The molecule has 0 aromatic carbocycles. The van der Waals surface area contributed by atoms with Gasteiger partial charge in [-0.05, 0) is 31.8 Å². The summed E-state index contributed by atoms with van der Waals surface area (Å²) < 4.78 is 4.21. The predicted molar refractivity (Wildman–Crippen MR) is 51.4 cm³/mol. The van der Waals surface area contributed by atoms with Crippen molar-refractivity contribution in [1.82, 2.24) is 9.27 Å². The smallest absolute Gasteiger partial charge is 0.0454 e. The van der Waals surface area contributed by atoms with Crippen LogP contribution in [0.4, 0.5) is 0 Å². The molecule has 12 heavy (non-hydrogen) atoms. The molecule has 1 aliphatic heterocycles. The number of hydrogen-bond acceptors (Lipinski definition) is 3. The summed E-state index contributed by atoms with van der Waals surface area (Å²) in [5.74, 6) is 0. The van der Waals surface area contributed by atoms with Gasteiger partial charge in [0.1, 0.15) is 0 Å². The van der Waals surface area contributed by atoms with E-state index in [9.17, 15) is 0 Å². The third-order valence-corrected chi connectivity index (χ3v) is 3.36. The monoisotopic (exact) mass is 182 g/mol. The van der Waals surface area contributed by atoms with Crippen molar-refractivity contribution in [2.24, 2.45) is 0 Å². The van der Waals surface area contributed by atoms with E-state index >= 15 is 0 Å². The summed E-state index contributed by atoms with van der Waals surface area (Å²) in [5.41, 5.74) is 1.44. The van der Waals surface area contributed by atoms with Crippen LogP contribution < -0.4 is 0 Å². The van der Waals surface area contributed by atoms with Gasteiger partial charge in [0, 0.05) is 35.8 Å². The number of nitrogens with zero attached hydrogens (tertiary/aromatic N) is 2. The normalized spacial score (nSPS) is 18.2. The average molecular weight is 182 g/mol. The molecule has 0 saturated heterocycles. The van der Waals surface area contributed by atoms with Crippen LogP contribution in [-0.4, -0.2) is 21.9 Å². The maximum absolute atomic E-state index is 4.21. The van der Waals surface area contributed by atoms with Crippen molar-refractivity contribution in [2.45, 2.75) is 32.9 Å². The third kappa shape index (κ3) is 1.39. The number of aromatic nitrogens is 1. The SMILES string of the molecule is CC(C)N1CCc2sncc2C1. The first-order valence-electron chi connectivity index (χ1n) is 4.44. The van der Waals surface area contributed by atoms with Gasteiger partial charge < -0.3 is 0 Å². The highest BCUT2D eigenvalue weighted by molar-refractivity contribution is 7.05. The summed E-state index contributed by atoms with van der Waals surface area (Å²) in [6.45, 7) is 6.81. The van der Waals surface area contributed by atoms with E-state index in [1.807, 2.05) is 6.20 Å². The van der Waals surface area contributed by atoms with Crippen LogP contribution in [0.25, 0.3) is 0 Å². The van der Waals surface area contributed by atoms with E-state index in [0.717, 1.165) is 6.54 Å². The van der Waals surface area contributed by atoms with Crippen LogP contribution in [0.1, 0.15) is 24.3 Å². The highest BCUT2D eigenvalue weighted by Gasteiger charge is 2.19. The molecule has 66 valence electrons. The lowest BCUT2D eigenvalue weighted by atomic mass is 10.1. The van der Waals surface area contributed by atoms with Gasteiger partial charge >= 0.3 is 0 Å². The zero-order chi connectivity index (χ0) is 8.55. The van der Waals surface area contributed by atoms with Crippen LogP contribution in [0.15, 0.2) is 6.20 Å². The zero-order valence-electron chi connectivity index (χ0n) is 7.58. The molecule has 2 nitrogen and oxygen atoms in total. The molecule has 2 heterocycles. The summed E-state index contributed by atoms with van der Waals surface area (Å²) in [4.78, 5) is 3.99. The van der Waals surface area contributed by atoms with E-state index in [1.54, 1.807) is 11.5 Å². The van der Waals surface area contributed by atoms with Gasteiger partial charge in [0.25, 0.3) is 0 Å². The standard InChI is InChI=1S/C9H14N2S/c1-7(2)11-4-3-9-8(6-11)5-10-12-9/h5,7H,3-4,6H2,1-2H3. The van der Waals surface area contributed by atoms with Crippen LogP contribution in [0.2, 0.25) is 0 Å². The Kier molecular flexibility index (Phi) is 2.15. The van der Waals surface area contributed by atoms with Crippen molar-refractivity contribution in [3.05, 3.63) is 16.6 Å². The molecule has 3 heteroatoms. The van der Waals surface area contributed by atoms with Crippen LogP contribution >= 0.6 is 11.5 Å². The molecule has 1 aromatic heterocycles. The molecule has 0 saturated carbocycles. The van der Waals surface area contributed by atoms with Crippen LogP contribution in [0, 0.1) is 0 Å². The van der Waals surface area contributed by atoms with Crippen molar-refractivity contribution >= 4 is 11.5 Å². The third-order valence-electron chi connectivity index (χ3n) is 2.46. The van der Waals surface area contributed by atoms with E-state index in [-0.39, 0.29) is 0 Å². The van der Waals surface area contributed by atoms with Gasteiger partial charge in [-0.25, -0.2) is 4.37 Å². The quantitative estimate of drug-likeness (QED) is 0.659. The molecule has 0 radical (unpaired) electrons. The summed E-state index contributed by atoms with van der Waals surface area (Å²) in [6, 6.07) is 0.665. The van der Waals surface area contributed by atoms with Crippen LogP contribution in [0.5, 0.6) is 0 Å². The van der Waals surface area contributed by atoms with E-state index in [1.165, 1.54) is 23.4 Å². The summed E-state index contributed by atoms with van der Waals surface area (Å²) in [5, 5.41) is 0. The first-order valence-corrected chi connectivity index (χ1v) is 5.21. The molecule has 0 unspecified atom stereocenters. The minimum atomic E-state index is 0.665. The van der Waals surface area contributed by atoms with Gasteiger partial charge in [-0.3, -0.25) is 4.90 Å². The van der Waals surface area contributed by atoms with E-state index in [0.29, 0.717) is 6.04 Å². The molecule has 1 aromatic rings. The van der Waals surface area contributed by atoms with Gasteiger partial charge in [-0.15, -0.1) is 0 Å². The second-order valence-corrected chi connectivity index (χ2v) is 4.47. The Morgan fingerprint density at radius 3 is 3.17 bits per heavy atom. The van der Waals surface area contributed by atoms with Crippen molar-refractivity contribution in [2.75, 3.05) is 6.54 Å². The van der Waals surface area contributed by atoms with Gasteiger partial charge in [-0.2, -0.15) is 0 Å². The fourth-order valence-electron chi connectivity index (χ4n) is 1.60. The Morgan fingerprint density at radius 1 is 1.58 bits per heavy atom. The topological polar surface area (TPSA) is 16.1 Å². The van der Waals surface area contributed by atoms with Crippen LogP contribution in [0.3, 0.4) is 0 Å². The van der Waals surface area contributed by atoms with E-state index < -0.39 is 0 Å². The molecule has 0 spiro atoms. The zero-order valence-corrected chi connectivity index (χ0v) is 8.40. The van der Waals surface area contributed by atoms with Gasteiger partial charge in [-0.1, -0.05) is 0 Å². The second-order valence-electron chi connectivity index (χ2n) is 3.59. The second kappa shape index (κ2) is 3.15. The Hall–Kier alpha value is -0.410. The van der Waals surface area contributed by atoms with Crippen molar-refractivity contribution in [3.63, 3.8) is 0 Å². The summed E-state index contributed by atoms with van der Waals surface area (Å²) in [6.07, 6.45) is 3.22. The molecular formula is C9H14N2S. The predicted octanol–water partition coefficient (Wildman–Crippen LogP) is 1.91. The molecular weight excluding hydrogens is 168 g/mol.